The molecular weight excluding hydrogens is 300 g/mol. The lowest BCUT2D eigenvalue weighted by Gasteiger charge is -2.35. The van der Waals surface area contributed by atoms with Crippen LogP contribution in [0.15, 0.2) is 42.7 Å². The van der Waals surface area contributed by atoms with E-state index >= 15 is 0 Å². The number of terminal acetylenes is 1. The van der Waals surface area contributed by atoms with E-state index < -0.39 is 23.1 Å². The molecule has 1 N–H and O–H groups in total. The van der Waals surface area contributed by atoms with Gasteiger partial charge in [-0.15, -0.1) is 6.42 Å². The number of aromatic nitrogens is 1. The van der Waals surface area contributed by atoms with Crippen molar-refractivity contribution in [2.75, 3.05) is 5.43 Å². The van der Waals surface area contributed by atoms with Crippen LogP contribution in [0.3, 0.4) is 0 Å². The number of hydrogen-bond acceptors (Lipinski definition) is 3. The van der Waals surface area contributed by atoms with E-state index in [0.717, 1.165) is 17.1 Å². The predicted octanol–water partition coefficient (Wildman–Crippen LogP) is 3.24. The summed E-state index contributed by atoms with van der Waals surface area (Å²) in [6.45, 7) is 3.24. The molecule has 2 aromatic rings. The second-order valence-corrected chi connectivity index (χ2v) is 5.32. The molecule has 4 nitrogen and oxygen atoms in total. The van der Waals surface area contributed by atoms with Crippen molar-refractivity contribution in [1.82, 2.24) is 9.99 Å². The van der Waals surface area contributed by atoms with Crippen LogP contribution in [-0.4, -0.2) is 21.4 Å². The van der Waals surface area contributed by atoms with Crippen molar-refractivity contribution in [2.24, 2.45) is 0 Å². The molecule has 23 heavy (non-hydrogen) atoms. The fraction of sp³-hybridized carbons (Fsp3) is 0.176. The lowest BCUT2D eigenvalue weighted by Crippen LogP contribution is -2.50. The summed E-state index contributed by atoms with van der Waals surface area (Å²) < 4.78 is 26.9. The highest BCUT2D eigenvalue weighted by molar-refractivity contribution is 5.95. The zero-order valence-corrected chi connectivity index (χ0v) is 12.7. The van der Waals surface area contributed by atoms with Crippen LogP contribution < -0.4 is 5.43 Å². The van der Waals surface area contributed by atoms with Gasteiger partial charge in [0.05, 0.1) is 11.3 Å². The maximum atomic E-state index is 13.9. The molecule has 1 amide bonds. The highest BCUT2D eigenvalue weighted by Crippen LogP contribution is 2.22. The Hall–Kier alpha value is -2.94. The summed E-state index contributed by atoms with van der Waals surface area (Å²) in [5.41, 5.74) is 1.79. The monoisotopic (exact) mass is 315 g/mol. The number of benzene rings is 1. The molecule has 1 heterocycles. The third-order valence-corrected chi connectivity index (χ3v) is 3.19. The van der Waals surface area contributed by atoms with Crippen molar-refractivity contribution in [1.29, 1.82) is 0 Å². The van der Waals surface area contributed by atoms with Crippen molar-refractivity contribution in [2.45, 2.75) is 19.4 Å². The number of carbonyl (C=O) groups is 1. The molecule has 0 unspecified atom stereocenters. The number of rotatable bonds is 4. The highest BCUT2D eigenvalue weighted by atomic mass is 19.1. The SMILES string of the molecule is C#CC(C)(C)N(Nc1ccc(F)cc1F)C(=O)c1cccnc1. The van der Waals surface area contributed by atoms with Crippen LogP contribution >= 0.6 is 0 Å². The molecular formula is C17H15F2N3O. The van der Waals surface area contributed by atoms with E-state index in [1.165, 1.54) is 18.5 Å². The number of halogens is 2. The molecule has 0 aliphatic carbocycles. The molecule has 2 rings (SSSR count). The Labute approximate surface area is 133 Å². The Morgan fingerprint density at radius 2 is 2.09 bits per heavy atom. The largest absolute Gasteiger partial charge is 0.291 e. The highest BCUT2D eigenvalue weighted by Gasteiger charge is 2.31. The summed E-state index contributed by atoms with van der Waals surface area (Å²) in [4.78, 5) is 16.5. The van der Waals surface area contributed by atoms with Gasteiger partial charge in [0.2, 0.25) is 0 Å². The van der Waals surface area contributed by atoms with Crippen LogP contribution in [0.1, 0.15) is 24.2 Å². The molecule has 0 aliphatic rings. The van der Waals surface area contributed by atoms with Crippen molar-refractivity contribution in [3.8, 4) is 12.3 Å². The van der Waals surface area contributed by atoms with Gasteiger partial charge in [0.1, 0.15) is 11.4 Å². The van der Waals surface area contributed by atoms with Gasteiger partial charge in [-0.05, 0) is 38.1 Å². The van der Waals surface area contributed by atoms with Gasteiger partial charge < -0.3 is 0 Å². The van der Waals surface area contributed by atoms with Gasteiger partial charge in [0, 0.05) is 18.5 Å². The van der Waals surface area contributed by atoms with Crippen molar-refractivity contribution < 1.29 is 13.6 Å². The minimum Gasteiger partial charge on any atom is -0.291 e. The number of carbonyl (C=O) groups excluding carboxylic acids is 1. The number of hydrazine groups is 1. The molecule has 0 bridgehead atoms. The first-order valence-corrected chi connectivity index (χ1v) is 6.79. The Kier molecular flexibility index (Phi) is 4.60. The Bertz CT molecular complexity index is 754. The zero-order valence-electron chi connectivity index (χ0n) is 12.7. The van der Waals surface area contributed by atoms with Crippen LogP contribution in [0.25, 0.3) is 0 Å². The van der Waals surface area contributed by atoms with Gasteiger partial charge in [-0.1, -0.05) is 5.92 Å². The van der Waals surface area contributed by atoms with Gasteiger partial charge in [0.15, 0.2) is 5.82 Å². The summed E-state index contributed by atoms with van der Waals surface area (Å²) in [5, 5.41) is 1.11. The Morgan fingerprint density at radius 1 is 1.35 bits per heavy atom. The van der Waals surface area contributed by atoms with Gasteiger partial charge in [-0.25, -0.2) is 13.8 Å². The number of nitrogens with one attached hydrogen (secondary N) is 1. The smallest absolute Gasteiger partial charge is 0.275 e. The summed E-state index contributed by atoms with van der Waals surface area (Å²) in [7, 11) is 0. The van der Waals surface area contributed by atoms with Crippen molar-refractivity contribution in [3.05, 3.63) is 59.9 Å². The predicted molar refractivity (Wildman–Crippen MR) is 83.3 cm³/mol. The van der Waals surface area contributed by atoms with E-state index in [-0.39, 0.29) is 11.3 Å². The topological polar surface area (TPSA) is 45.2 Å². The Balaban J connectivity index is 2.40. The van der Waals surface area contributed by atoms with E-state index in [2.05, 4.69) is 16.3 Å². The summed E-state index contributed by atoms with van der Waals surface area (Å²) >= 11 is 0. The maximum absolute atomic E-state index is 13.9. The second-order valence-electron chi connectivity index (χ2n) is 5.32. The molecule has 0 spiro atoms. The molecule has 0 saturated heterocycles. The third kappa shape index (κ3) is 3.64. The fourth-order valence-electron chi connectivity index (χ4n) is 1.83. The molecule has 0 fully saturated rings. The molecule has 1 aromatic carbocycles. The molecule has 118 valence electrons. The number of amides is 1. The van der Waals surface area contributed by atoms with Crippen molar-refractivity contribution in [3.63, 3.8) is 0 Å². The molecule has 6 heteroatoms. The van der Waals surface area contributed by atoms with Crippen molar-refractivity contribution >= 4 is 11.6 Å². The number of hydrogen-bond donors (Lipinski definition) is 1. The van der Waals surface area contributed by atoms with E-state index in [9.17, 15) is 13.6 Å². The van der Waals surface area contributed by atoms with Gasteiger partial charge in [0.25, 0.3) is 5.91 Å². The number of nitrogens with zero attached hydrogens (tertiary/aromatic N) is 2. The van der Waals surface area contributed by atoms with Gasteiger partial charge in [-0.2, -0.15) is 0 Å². The van der Waals surface area contributed by atoms with E-state index in [4.69, 9.17) is 6.42 Å². The first-order chi connectivity index (χ1) is 10.8. The standard InChI is InChI=1S/C17H15F2N3O/c1-4-17(2,3)22(16(23)12-6-5-9-20-11-12)21-15-8-7-13(18)10-14(15)19/h1,5-11,21H,2-3H3. The van der Waals surface area contributed by atoms with Crippen LogP contribution in [0.2, 0.25) is 0 Å². The van der Waals surface area contributed by atoms with E-state index in [1.54, 1.807) is 26.0 Å². The lowest BCUT2D eigenvalue weighted by atomic mass is 10.1. The molecule has 1 aromatic heterocycles. The van der Waals surface area contributed by atoms with Crippen LogP contribution in [-0.2, 0) is 0 Å². The first kappa shape index (κ1) is 16.4. The second kappa shape index (κ2) is 6.44. The average molecular weight is 315 g/mol. The first-order valence-electron chi connectivity index (χ1n) is 6.79. The lowest BCUT2D eigenvalue weighted by molar-refractivity contribution is 0.0696. The number of pyridine rings is 1. The summed E-state index contributed by atoms with van der Waals surface area (Å²) in [6.07, 6.45) is 8.39. The molecule has 0 atom stereocenters. The minimum atomic E-state index is -1.06. The fourth-order valence-corrected chi connectivity index (χ4v) is 1.83. The Morgan fingerprint density at radius 3 is 2.65 bits per heavy atom. The van der Waals surface area contributed by atoms with E-state index in [0.29, 0.717) is 0 Å². The third-order valence-electron chi connectivity index (χ3n) is 3.19. The maximum Gasteiger partial charge on any atom is 0.275 e. The molecule has 0 aliphatic heterocycles. The minimum absolute atomic E-state index is 0.0630. The number of anilines is 1. The average Bonchev–Trinajstić information content (AvgIpc) is 2.54. The van der Waals surface area contributed by atoms with Crippen LogP contribution in [0.4, 0.5) is 14.5 Å². The van der Waals surface area contributed by atoms with Crippen LogP contribution in [0, 0.1) is 24.0 Å². The summed E-state index contributed by atoms with van der Waals surface area (Å²) in [5.74, 6) is 0.442. The summed E-state index contributed by atoms with van der Waals surface area (Å²) in [6, 6.07) is 6.17. The molecule has 0 radical (unpaired) electrons. The van der Waals surface area contributed by atoms with E-state index in [1.807, 2.05) is 0 Å². The van der Waals surface area contributed by atoms with Gasteiger partial charge >= 0.3 is 0 Å². The van der Waals surface area contributed by atoms with Gasteiger partial charge in [-0.3, -0.25) is 15.2 Å². The molecule has 0 saturated carbocycles. The quantitative estimate of drug-likeness (QED) is 0.696. The normalized spacial score (nSPS) is 10.7. The zero-order chi connectivity index (χ0) is 17.0. The van der Waals surface area contributed by atoms with Crippen LogP contribution in [0.5, 0.6) is 0 Å².